The molecule has 0 aliphatic rings. The number of nitrogens with two attached hydrogens (primary N) is 1. The maximum absolute atomic E-state index is 11.7. The van der Waals surface area contributed by atoms with Crippen molar-refractivity contribution in [1.29, 1.82) is 0 Å². The molecule has 7 nitrogen and oxygen atoms in total. The average Bonchev–Trinajstić information content (AvgIpc) is 2.98. The van der Waals surface area contributed by atoms with Crippen LogP contribution in [0.25, 0.3) is 11.5 Å². The first-order valence-corrected chi connectivity index (χ1v) is 10.1. The van der Waals surface area contributed by atoms with Crippen LogP contribution in [0.2, 0.25) is 10.0 Å². The van der Waals surface area contributed by atoms with Crippen molar-refractivity contribution in [3.05, 3.63) is 58.2 Å². The van der Waals surface area contributed by atoms with Crippen LogP contribution in [-0.4, -0.2) is 25.6 Å². The largest absolute Gasteiger partial charge is 0.419 e. The van der Waals surface area contributed by atoms with Crippen LogP contribution in [0, 0.1) is 0 Å². The topological polar surface area (TPSA) is 115 Å². The second kappa shape index (κ2) is 7.22. The lowest BCUT2D eigenvalue weighted by atomic mass is 10.2. The molecule has 1 heterocycles. The summed E-state index contributed by atoms with van der Waals surface area (Å²) in [6.45, 7) is 0. The minimum atomic E-state index is -3.32. The van der Waals surface area contributed by atoms with Gasteiger partial charge in [-0.05, 0) is 36.4 Å². The molecular formula is C17H13Cl2N3O4S. The lowest BCUT2D eigenvalue weighted by Gasteiger charge is -2.05. The van der Waals surface area contributed by atoms with Gasteiger partial charge in [-0.15, -0.1) is 0 Å². The second-order valence-corrected chi connectivity index (χ2v) is 8.41. The van der Waals surface area contributed by atoms with E-state index in [1.165, 1.54) is 24.3 Å². The van der Waals surface area contributed by atoms with Crippen LogP contribution < -0.4 is 11.1 Å². The summed E-state index contributed by atoms with van der Waals surface area (Å²) in [5.41, 5.74) is 6.02. The summed E-state index contributed by atoms with van der Waals surface area (Å²) >= 11 is 12.3. The average molecular weight is 426 g/mol. The maximum atomic E-state index is 11.7. The zero-order chi connectivity index (χ0) is 19.8. The standard InChI is InChI=1S/C17H13Cl2N3O4S/c1-27(24,25)10-7-5-9(6-8-10)21-17-14(15(20)23)22-16(26-17)13-11(18)3-2-4-12(13)19/h2-8,21H,1H3,(H2,20,23). The molecule has 10 heteroatoms. The Labute approximate surface area is 165 Å². The van der Waals surface area contributed by atoms with Gasteiger partial charge in [-0.3, -0.25) is 4.79 Å². The fraction of sp³-hybridized carbons (Fsp3) is 0.0588. The van der Waals surface area contributed by atoms with Crippen LogP contribution in [0.4, 0.5) is 11.6 Å². The molecule has 0 fully saturated rings. The number of aromatic nitrogens is 1. The Balaban J connectivity index is 2.01. The highest BCUT2D eigenvalue weighted by Gasteiger charge is 2.22. The van der Waals surface area contributed by atoms with Crippen LogP contribution in [-0.2, 0) is 9.84 Å². The van der Waals surface area contributed by atoms with E-state index >= 15 is 0 Å². The maximum Gasteiger partial charge on any atom is 0.273 e. The number of rotatable bonds is 5. The normalized spacial score (nSPS) is 11.4. The highest BCUT2D eigenvalue weighted by atomic mass is 35.5. The Hall–Kier alpha value is -2.55. The van der Waals surface area contributed by atoms with Gasteiger partial charge in [0.15, 0.2) is 15.5 Å². The van der Waals surface area contributed by atoms with Crippen molar-refractivity contribution in [1.82, 2.24) is 4.98 Å². The fourth-order valence-corrected chi connectivity index (χ4v) is 3.49. The Kier molecular flexibility index (Phi) is 5.14. The number of anilines is 2. The number of nitrogens with zero attached hydrogens (tertiary/aromatic N) is 1. The lowest BCUT2D eigenvalue weighted by molar-refractivity contribution is 0.0996. The van der Waals surface area contributed by atoms with Crippen molar-refractivity contribution in [3.63, 3.8) is 0 Å². The summed E-state index contributed by atoms with van der Waals surface area (Å²) in [4.78, 5) is 16.0. The quantitative estimate of drug-likeness (QED) is 0.640. The van der Waals surface area contributed by atoms with Gasteiger partial charge in [0.05, 0.1) is 20.5 Å². The minimum absolute atomic E-state index is 0.0133. The van der Waals surface area contributed by atoms with E-state index in [9.17, 15) is 13.2 Å². The molecule has 1 aromatic heterocycles. The van der Waals surface area contributed by atoms with Crippen LogP contribution in [0.3, 0.4) is 0 Å². The van der Waals surface area contributed by atoms with Gasteiger partial charge in [0.25, 0.3) is 5.91 Å². The minimum Gasteiger partial charge on any atom is -0.419 e. The van der Waals surface area contributed by atoms with Crippen molar-refractivity contribution < 1.29 is 17.6 Å². The monoisotopic (exact) mass is 425 g/mol. The molecule has 1 amide bonds. The number of hydrogen-bond acceptors (Lipinski definition) is 6. The smallest absolute Gasteiger partial charge is 0.273 e. The fourth-order valence-electron chi connectivity index (χ4n) is 2.30. The Morgan fingerprint density at radius 1 is 1.11 bits per heavy atom. The number of carbonyl (C=O) groups excluding carboxylic acids is 1. The van der Waals surface area contributed by atoms with E-state index < -0.39 is 15.7 Å². The summed E-state index contributed by atoms with van der Waals surface area (Å²) in [5, 5.41) is 3.44. The summed E-state index contributed by atoms with van der Waals surface area (Å²) in [7, 11) is -3.32. The molecule has 27 heavy (non-hydrogen) atoms. The predicted octanol–water partition coefficient (Wildman–Crippen LogP) is 3.89. The Morgan fingerprint density at radius 3 is 2.22 bits per heavy atom. The predicted molar refractivity (Wildman–Crippen MR) is 103 cm³/mol. The van der Waals surface area contributed by atoms with Gasteiger partial charge in [-0.2, -0.15) is 0 Å². The van der Waals surface area contributed by atoms with Gasteiger partial charge in [-0.1, -0.05) is 29.3 Å². The molecule has 3 aromatic rings. The zero-order valence-corrected chi connectivity index (χ0v) is 16.2. The third kappa shape index (κ3) is 4.08. The van der Waals surface area contributed by atoms with Crippen molar-refractivity contribution >= 4 is 50.5 Å². The first kappa shape index (κ1) is 19.2. The Morgan fingerprint density at radius 2 is 1.70 bits per heavy atom. The van der Waals surface area contributed by atoms with E-state index in [0.29, 0.717) is 21.3 Å². The molecule has 0 saturated carbocycles. The molecule has 0 aliphatic heterocycles. The number of hydrogen-bond donors (Lipinski definition) is 2. The number of oxazole rings is 1. The first-order valence-electron chi connectivity index (χ1n) is 7.49. The summed E-state index contributed by atoms with van der Waals surface area (Å²) < 4.78 is 28.7. The number of halogens is 2. The first-order chi connectivity index (χ1) is 12.7. The van der Waals surface area contributed by atoms with Gasteiger partial charge < -0.3 is 15.5 Å². The van der Waals surface area contributed by atoms with E-state index in [1.54, 1.807) is 18.2 Å². The summed E-state index contributed by atoms with van der Waals surface area (Å²) in [6.07, 6.45) is 1.11. The molecule has 0 unspecified atom stereocenters. The number of nitrogens with one attached hydrogen (secondary N) is 1. The highest BCUT2D eigenvalue weighted by molar-refractivity contribution is 7.90. The molecule has 0 bridgehead atoms. The van der Waals surface area contributed by atoms with Crippen LogP contribution >= 0.6 is 23.2 Å². The van der Waals surface area contributed by atoms with Crippen LogP contribution in [0.5, 0.6) is 0 Å². The third-order valence-corrected chi connectivity index (χ3v) is 5.34. The summed E-state index contributed by atoms with van der Waals surface area (Å²) in [5.74, 6) is -0.807. The van der Waals surface area contributed by atoms with Gasteiger partial charge in [0.1, 0.15) is 0 Å². The van der Waals surface area contributed by atoms with Crippen molar-refractivity contribution in [2.75, 3.05) is 11.6 Å². The van der Waals surface area contributed by atoms with Crippen LogP contribution in [0.15, 0.2) is 51.8 Å². The molecule has 0 spiro atoms. The van der Waals surface area contributed by atoms with E-state index in [-0.39, 0.29) is 22.4 Å². The SMILES string of the molecule is CS(=O)(=O)c1ccc(Nc2oc(-c3c(Cl)cccc3Cl)nc2C(N)=O)cc1. The molecule has 2 aromatic carbocycles. The molecular weight excluding hydrogens is 413 g/mol. The number of amides is 1. The molecule has 0 saturated heterocycles. The highest BCUT2D eigenvalue weighted by Crippen LogP contribution is 2.36. The van der Waals surface area contributed by atoms with Gasteiger partial charge in [0.2, 0.25) is 11.8 Å². The molecule has 140 valence electrons. The van der Waals surface area contributed by atoms with E-state index in [1.807, 2.05) is 0 Å². The van der Waals surface area contributed by atoms with E-state index in [0.717, 1.165) is 6.26 Å². The number of sulfone groups is 1. The zero-order valence-electron chi connectivity index (χ0n) is 13.9. The molecule has 0 atom stereocenters. The summed E-state index contributed by atoms with van der Waals surface area (Å²) in [6, 6.07) is 10.8. The molecule has 3 rings (SSSR count). The Bertz CT molecular complexity index is 1110. The van der Waals surface area contributed by atoms with Crippen LogP contribution in [0.1, 0.15) is 10.5 Å². The van der Waals surface area contributed by atoms with E-state index in [4.69, 9.17) is 33.4 Å². The van der Waals surface area contributed by atoms with Gasteiger partial charge in [-0.25, -0.2) is 13.4 Å². The molecule has 0 radical (unpaired) electrons. The third-order valence-electron chi connectivity index (χ3n) is 3.58. The molecule has 0 aliphatic carbocycles. The van der Waals surface area contributed by atoms with E-state index in [2.05, 4.69) is 10.3 Å². The number of primary amides is 1. The van der Waals surface area contributed by atoms with Crippen molar-refractivity contribution in [2.24, 2.45) is 5.73 Å². The van der Waals surface area contributed by atoms with Gasteiger partial charge >= 0.3 is 0 Å². The molecule has 3 N–H and O–H groups in total. The lowest BCUT2D eigenvalue weighted by Crippen LogP contribution is -2.13. The second-order valence-electron chi connectivity index (χ2n) is 5.58. The van der Waals surface area contributed by atoms with Gasteiger partial charge in [0, 0.05) is 11.9 Å². The van der Waals surface area contributed by atoms with Crippen molar-refractivity contribution in [2.45, 2.75) is 4.90 Å². The number of benzene rings is 2. The van der Waals surface area contributed by atoms with Crippen molar-refractivity contribution in [3.8, 4) is 11.5 Å². The number of carbonyl (C=O) groups is 1.